The van der Waals surface area contributed by atoms with E-state index in [2.05, 4.69) is 20.6 Å². The number of fused-ring (bicyclic) bond motifs is 1. The molecule has 1 aromatic carbocycles. The van der Waals surface area contributed by atoms with Crippen molar-refractivity contribution in [3.63, 3.8) is 0 Å². The number of hydrogen-bond donors (Lipinski definition) is 2. The van der Waals surface area contributed by atoms with Gasteiger partial charge in [0.05, 0.1) is 18.0 Å². The van der Waals surface area contributed by atoms with Crippen molar-refractivity contribution in [2.24, 2.45) is 0 Å². The molecule has 2 aromatic heterocycles. The Balaban J connectivity index is 1.61. The first-order valence-corrected chi connectivity index (χ1v) is 8.33. The molecule has 1 aliphatic heterocycles. The largest absolute Gasteiger partial charge is 0.454 e. The minimum atomic E-state index is -0.236. The molecule has 3 heterocycles. The Morgan fingerprint density at radius 2 is 2.08 bits per heavy atom. The van der Waals surface area contributed by atoms with E-state index >= 15 is 0 Å². The second-order valence-corrected chi connectivity index (χ2v) is 6.36. The molecule has 3 aromatic rings. The average Bonchev–Trinajstić information content (AvgIpc) is 3.32. The quantitative estimate of drug-likeness (QED) is 0.751. The molecule has 0 bridgehead atoms. The first-order chi connectivity index (χ1) is 12.5. The van der Waals surface area contributed by atoms with Crippen LogP contribution in [0.5, 0.6) is 11.5 Å². The van der Waals surface area contributed by atoms with Crippen molar-refractivity contribution >= 4 is 11.7 Å². The van der Waals surface area contributed by atoms with Gasteiger partial charge in [0.15, 0.2) is 11.5 Å². The highest BCUT2D eigenvalue weighted by Gasteiger charge is 2.20. The molecular formula is C18H19N5O3. The first kappa shape index (κ1) is 16.2. The van der Waals surface area contributed by atoms with Gasteiger partial charge in [-0.05, 0) is 38.5 Å². The Morgan fingerprint density at radius 3 is 2.85 bits per heavy atom. The number of rotatable bonds is 4. The summed E-state index contributed by atoms with van der Waals surface area (Å²) in [5.41, 5.74) is 2.99. The lowest BCUT2D eigenvalue weighted by Gasteiger charge is -2.09. The number of H-pyrrole nitrogens is 1. The fourth-order valence-corrected chi connectivity index (χ4v) is 3.01. The van der Waals surface area contributed by atoms with Crippen LogP contribution in [-0.2, 0) is 0 Å². The summed E-state index contributed by atoms with van der Waals surface area (Å²) >= 11 is 0. The average molecular weight is 353 g/mol. The molecule has 4 rings (SSSR count). The van der Waals surface area contributed by atoms with Crippen molar-refractivity contribution in [2.45, 2.75) is 26.8 Å². The van der Waals surface area contributed by atoms with Crippen LogP contribution in [0.1, 0.15) is 35.9 Å². The van der Waals surface area contributed by atoms with Crippen LogP contribution >= 0.6 is 0 Å². The minimum Gasteiger partial charge on any atom is -0.454 e. The van der Waals surface area contributed by atoms with Crippen LogP contribution in [0.25, 0.3) is 11.1 Å². The second kappa shape index (κ2) is 6.21. The van der Waals surface area contributed by atoms with Gasteiger partial charge in [0.25, 0.3) is 5.91 Å². The lowest BCUT2D eigenvalue weighted by atomic mass is 10.1. The van der Waals surface area contributed by atoms with E-state index in [4.69, 9.17) is 9.47 Å². The standard InChI is InChI=1S/C18H19N5O3/c1-10(2)23-11(3)13(8-20-23)18(24)21-17-14(7-19-22-17)12-4-5-15-16(6-12)26-9-25-15/h4-8,10H,9H2,1-3H3,(H2,19,21,22,24). The molecule has 0 saturated heterocycles. The van der Waals surface area contributed by atoms with Gasteiger partial charge >= 0.3 is 0 Å². The molecule has 0 radical (unpaired) electrons. The van der Waals surface area contributed by atoms with Crippen LogP contribution < -0.4 is 14.8 Å². The Kier molecular flexibility index (Phi) is 3.87. The molecule has 0 atom stereocenters. The molecule has 134 valence electrons. The van der Waals surface area contributed by atoms with Crippen molar-refractivity contribution in [2.75, 3.05) is 12.1 Å². The molecule has 0 aliphatic carbocycles. The fourth-order valence-electron chi connectivity index (χ4n) is 3.01. The van der Waals surface area contributed by atoms with E-state index < -0.39 is 0 Å². The normalized spacial score (nSPS) is 12.6. The summed E-state index contributed by atoms with van der Waals surface area (Å²) in [6.45, 7) is 6.14. The number of carbonyl (C=O) groups excluding carboxylic acids is 1. The smallest absolute Gasteiger partial charge is 0.260 e. The molecule has 0 unspecified atom stereocenters. The second-order valence-electron chi connectivity index (χ2n) is 6.36. The topological polar surface area (TPSA) is 94.1 Å². The summed E-state index contributed by atoms with van der Waals surface area (Å²) < 4.78 is 12.6. The molecule has 0 spiro atoms. The van der Waals surface area contributed by atoms with Gasteiger partial charge < -0.3 is 14.8 Å². The third-order valence-corrected chi connectivity index (χ3v) is 4.34. The van der Waals surface area contributed by atoms with Crippen molar-refractivity contribution in [3.05, 3.63) is 41.9 Å². The monoisotopic (exact) mass is 353 g/mol. The van der Waals surface area contributed by atoms with Crippen molar-refractivity contribution < 1.29 is 14.3 Å². The lowest BCUT2D eigenvalue weighted by Crippen LogP contribution is -2.14. The number of nitrogens with one attached hydrogen (secondary N) is 2. The fraction of sp³-hybridized carbons (Fsp3) is 0.278. The SMILES string of the molecule is Cc1c(C(=O)Nc2[nH]ncc2-c2ccc3c(c2)OCO3)cnn1C(C)C. The van der Waals surface area contributed by atoms with E-state index in [9.17, 15) is 4.79 Å². The third kappa shape index (κ3) is 2.69. The summed E-state index contributed by atoms with van der Waals surface area (Å²) in [7, 11) is 0. The number of aromatic amines is 1. The molecule has 8 nitrogen and oxygen atoms in total. The van der Waals surface area contributed by atoms with Crippen LogP contribution in [0.4, 0.5) is 5.82 Å². The van der Waals surface area contributed by atoms with Crippen LogP contribution in [0, 0.1) is 6.92 Å². The Morgan fingerprint density at radius 1 is 1.27 bits per heavy atom. The summed E-state index contributed by atoms with van der Waals surface area (Å²) in [4.78, 5) is 12.7. The van der Waals surface area contributed by atoms with Crippen LogP contribution in [0.2, 0.25) is 0 Å². The van der Waals surface area contributed by atoms with Crippen molar-refractivity contribution in [1.82, 2.24) is 20.0 Å². The van der Waals surface area contributed by atoms with E-state index in [0.717, 1.165) is 16.8 Å². The Labute approximate surface area is 150 Å². The van der Waals surface area contributed by atoms with E-state index in [0.29, 0.717) is 22.9 Å². The molecule has 26 heavy (non-hydrogen) atoms. The van der Waals surface area contributed by atoms with Gasteiger partial charge in [0.1, 0.15) is 5.82 Å². The van der Waals surface area contributed by atoms with Gasteiger partial charge in [-0.25, -0.2) is 0 Å². The van der Waals surface area contributed by atoms with E-state index in [1.165, 1.54) is 0 Å². The van der Waals surface area contributed by atoms with E-state index in [1.807, 2.05) is 43.7 Å². The predicted molar refractivity (Wildman–Crippen MR) is 95.4 cm³/mol. The number of benzene rings is 1. The summed E-state index contributed by atoms with van der Waals surface area (Å²) in [6.07, 6.45) is 3.25. The Bertz CT molecular complexity index is 973. The zero-order chi connectivity index (χ0) is 18.3. The highest BCUT2D eigenvalue weighted by molar-refractivity contribution is 6.06. The first-order valence-electron chi connectivity index (χ1n) is 8.33. The number of amides is 1. The predicted octanol–water partition coefficient (Wildman–Crippen LogP) is 3.14. The zero-order valence-corrected chi connectivity index (χ0v) is 14.7. The Hall–Kier alpha value is -3.29. The molecule has 2 N–H and O–H groups in total. The number of hydrogen-bond acceptors (Lipinski definition) is 5. The van der Waals surface area contributed by atoms with Gasteiger partial charge in [-0.3, -0.25) is 14.6 Å². The molecule has 0 fully saturated rings. The number of nitrogens with zero attached hydrogens (tertiary/aromatic N) is 3. The number of aromatic nitrogens is 4. The van der Waals surface area contributed by atoms with E-state index in [-0.39, 0.29) is 18.7 Å². The third-order valence-electron chi connectivity index (χ3n) is 4.34. The van der Waals surface area contributed by atoms with Crippen molar-refractivity contribution in [1.29, 1.82) is 0 Å². The van der Waals surface area contributed by atoms with Crippen LogP contribution in [-0.4, -0.2) is 32.7 Å². The van der Waals surface area contributed by atoms with Gasteiger partial charge in [-0.2, -0.15) is 10.2 Å². The highest BCUT2D eigenvalue weighted by atomic mass is 16.7. The van der Waals surface area contributed by atoms with Gasteiger partial charge in [-0.1, -0.05) is 6.07 Å². The maximum Gasteiger partial charge on any atom is 0.260 e. The van der Waals surface area contributed by atoms with E-state index in [1.54, 1.807) is 12.4 Å². The molecular weight excluding hydrogens is 334 g/mol. The minimum absolute atomic E-state index is 0.188. The van der Waals surface area contributed by atoms with Gasteiger partial charge in [0.2, 0.25) is 6.79 Å². The molecule has 1 amide bonds. The maximum absolute atomic E-state index is 12.7. The number of anilines is 1. The zero-order valence-electron chi connectivity index (χ0n) is 14.7. The summed E-state index contributed by atoms with van der Waals surface area (Å²) in [6, 6.07) is 5.79. The number of carbonyl (C=O) groups is 1. The van der Waals surface area contributed by atoms with Gasteiger partial charge in [0, 0.05) is 17.3 Å². The lowest BCUT2D eigenvalue weighted by molar-refractivity contribution is 0.102. The summed E-state index contributed by atoms with van der Waals surface area (Å²) in [5, 5.41) is 14.1. The highest BCUT2D eigenvalue weighted by Crippen LogP contribution is 2.37. The van der Waals surface area contributed by atoms with Crippen LogP contribution in [0.3, 0.4) is 0 Å². The summed E-state index contributed by atoms with van der Waals surface area (Å²) in [5.74, 6) is 1.67. The number of ether oxygens (including phenoxy) is 2. The van der Waals surface area contributed by atoms with Crippen LogP contribution in [0.15, 0.2) is 30.6 Å². The van der Waals surface area contributed by atoms with Crippen molar-refractivity contribution in [3.8, 4) is 22.6 Å². The molecule has 1 aliphatic rings. The maximum atomic E-state index is 12.7. The van der Waals surface area contributed by atoms with Gasteiger partial charge in [-0.15, -0.1) is 0 Å². The molecule has 8 heteroatoms. The molecule has 0 saturated carbocycles.